The first-order valence-corrected chi connectivity index (χ1v) is 6.45. The van der Waals surface area contributed by atoms with Gasteiger partial charge in [0.25, 0.3) is 0 Å². The summed E-state index contributed by atoms with van der Waals surface area (Å²) < 4.78 is 5.82. The third kappa shape index (κ3) is 1.06. The molecular weight excluding hydrogens is 238 g/mol. The van der Waals surface area contributed by atoms with E-state index in [1.165, 1.54) is 0 Å². The fourth-order valence-electron chi connectivity index (χ4n) is 4.59. The Hall–Kier alpha value is -1.14. The Balaban J connectivity index is 1.62. The van der Waals surface area contributed by atoms with E-state index in [-0.39, 0.29) is 49.0 Å². The summed E-state index contributed by atoms with van der Waals surface area (Å²) in [5.41, 5.74) is 0. The van der Waals surface area contributed by atoms with Gasteiger partial charge < -0.3 is 19.8 Å². The summed E-state index contributed by atoms with van der Waals surface area (Å²) >= 11 is 0. The van der Waals surface area contributed by atoms with Crippen molar-refractivity contribution in [3.8, 4) is 0 Å². The van der Waals surface area contributed by atoms with E-state index in [4.69, 9.17) is 9.84 Å². The molecule has 7 atom stereocenters. The summed E-state index contributed by atoms with van der Waals surface area (Å²) in [6.45, 7) is 0.216. The predicted octanol–water partition coefficient (Wildman–Crippen LogP) is -0.729. The monoisotopic (exact) mass is 253 g/mol. The van der Waals surface area contributed by atoms with E-state index in [1.54, 1.807) is 4.90 Å². The van der Waals surface area contributed by atoms with Gasteiger partial charge in [-0.15, -0.1) is 0 Å². The van der Waals surface area contributed by atoms with E-state index in [0.29, 0.717) is 5.92 Å². The molecule has 2 N–H and O–H groups in total. The molecule has 0 aromatic heterocycles. The number of carbonyl (C=O) groups is 2. The van der Waals surface area contributed by atoms with Crippen molar-refractivity contribution in [1.29, 1.82) is 0 Å². The standard InChI is InChI=1S/C12H15NO5/c14-6(15)1-2-13-11(17)7-4-3-5-8(7)12(13)18-10(5)9(4)16/h4-5,7-10,12,16H,1-3H2,(H,14,15). The molecule has 2 saturated heterocycles. The Morgan fingerprint density at radius 1 is 1.44 bits per heavy atom. The van der Waals surface area contributed by atoms with Crippen LogP contribution in [0.1, 0.15) is 12.8 Å². The van der Waals surface area contributed by atoms with Crippen molar-refractivity contribution < 1.29 is 24.5 Å². The lowest BCUT2D eigenvalue weighted by atomic mass is 9.80. The van der Waals surface area contributed by atoms with Crippen LogP contribution in [-0.2, 0) is 14.3 Å². The van der Waals surface area contributed by atoms with Gasteiger partial charge in [-0.25, -0.2) is 0 Å². The number of amides is 1. The molecule has 4 rings (SSSR count). The molecule has 0 aromatic carbocycles. The number of aliphatic hydroxyl groups excluding tert-OH is 1. The maximum atomic E-state index is 12.3. The van der Waals surface area contributed by atoms with Crippen molar-refractivity contribution in [2.45, 2.75) is 31.3 Å². The van der Waals surface area contributed by atoms with E-state index in [0.717, 1.165) is 6.42 Å². The third-order valence-electron chi connectivity index (χ3n) is 5.18. The Morgan fingerprint density at radius 3 is 2.94 bits per heavy atom. The molecular formula is C12H15NO5. The molecule has 1 amide bonds. The summed E-state index contributed by atoms with van der Waals surface area (Å²) in [4.78, 5) is 24.5. The van der Waals surface area contributed by atoms with Crippen molar-refractivity contribution >= 4 is 11.9 Å². The Kier molecular flexibility index (Phi) is 1.94. The van der Waals surface area contributed by atoms with Crippen LogP contribution in [0, 0.1) is 23.7 Å². The van der Waals surface area contributed by atoms with Crippen LogP contribution < -0.4 is 0 Å². The van der Waals surface area contributed by atoms with Gasteiger partial charge >= 0.3 is 5.97 Å². The normalized spacial score (nSPS) is 51.5. The average Bonchev–Trinajstić information content (AvgIpc) is 2.95. The molecule has 4 fully saturated rings. The summed E-state index contributed by atoms with van der Waals surface area (Å²) in [5.74, 6) is -0.557. The smallest absolute Gasteiger partial charge is 0.305 e. The number of ether oxygens (including phenoxy) is 1. The number of nitrogens with zero attached hydrogens (tertiary/aromatic N) is 1. The number of carbonyl (C=O) groups excluding carboxylic acids is 1. The SMILES string of the molecule is O=C(O)CCN1C(=O)C2C3CC4C(OC1C42)C3O. The number of hydrogen-bond donors (Lipinski definition) is 2. The molecule has 0 radical (unpaired) electrons. The highest BCUT2D eigenvalue weighted by Gasteiger charge is 2.72. The van der Waals surface area contributed by atoms with Crippen LogP contribution in [0.2, 0.25) is 0 Å². The van der Waals surface area contributed by atoms with Gasteiger partial charge in [0.1, 0.15) is 6.23 Å². The number of aliphatic carboxylic acids is 1. The lowest BCUT2D eigenvalue weighted by Crippen LogP contribution is -2.44. The molecule has 18 heavy (non-hydrogen) atoms. The minimum absolute atomic E-state index is 0.0176. The van der Waals surface area contributed by atoms with E-state index in [2.05, 4.69) is 0 Å². The first-order chi connectivity index (χ1) is 8.59. The number of fused-ring (bicyclic) bond motifs is 2. The van der Waals surface area contributed by atoms with Gasteiger partial charge in [-0.1, -0.05) is 0 Å². The zero-order chi connectivity index (χ0) is 12.6. The Labute approximate surface area is 104 Å². The molecule has 0 spiro atoms. The summed E-state index contributed by atoms with van der Waals surface area (Å²) in [6.07, 6.45) is -0.100. The molecule has 6 nitrogen and oxygen atoms in total. The Morgan fingerprint density at radius 2 is 2.22 bits per heavy atom. The molecule has 2 aliphatic carbocycles. The van der Waals surface area contributed by atoms with Crippen LogP contribution in [0.3, 0.4) is 0 Å². The number of carboxylic acid groups (broad SMARTS) is 1. The van der Waals surface area contributed by atoms with E-state index in [9.17, 15) is 14.7 Å². The maximum absolute atomic E-state index is 12.3. The Bertz CT molecular complexity index is 438. The van der Waals surface area contributed by atoms with Gasteiger partial charge in [-0.3, -0.25) is 9.59 Å². The molecule has 7 unspecified atom stereocenters. The maximum Gasteiger partial charge on any atom is 0.305 e. The fraction of sp³-hybridized carbons (Fsp3) is 0.833. The summed E-state index contributed by atoms with van der Waals surface area (Å²) in [6, 6.07) is 0. The van der Waals surface area contributed by atoms with E-state index < -0.39 is 12.1 Å². The van der Waals surface area contributed by atoms with Crippen LogP contribution in [-0.4, -0.2) is 52.0 Å². The van der Waals surface area contributed by atoms with E-state index >= 15 is 0 Å². The lowest BCUT2D eigenvalue weighted by molar-refractivity contribution is -0.152. The van der Waals surface area contributed by atoms with Crippen LogP contribution in [0.25, 0.3) is 0 Å². The molecule has 2 bridgehead atoms. The zero-order valence-corrected chi connectivity index (χ0v) is 9.73. The van der Waals surface area contributed by atoms with Crippen molar-refractivity contribution in [3.05, 3.63) is 0 Å². The molecule has 4 aliphatic rings. The van der Waals surface area contributed by atoms with Crippen LogP contribution in [0.15, 0.2) is 0 Å². The highest BCUT2D eigenvalue weighted by molar-refractivity contribution is 5.84. The molecule has 2 heterocycles. The number of aliphatic hydroxyl groups is 1. The van der Waals surface area contributed by atoms with Crippen molar-refractivity contribution in [1.82, 2.24) is 4.90 Å². The molecule has 2 aliphatic heterocycles. The number of likely N-dealkylation sites (tertiary alicyclic amines) is 1. The van der Waals surface area contributed by atoms with Gasteiger partial charge in [0.2, 0.25) is 5.91 Å². The van der Waals surface area contributed by atoms with Gasteiger partial charge in [-0.2, -0.15) is 0 Å². The molecule has 98 valence electrons. The van der Waals surface area contributed by atoms with Crippen LogP contribution >= 0.6 is 0 Å². The minimum Gasteiger partial charge on any atom is -0.481 e. The van der Waals surface area contributed by atoms with Gasteiger partial charge in [0.15, 0.2) is 0 Å². The van der Waals surface area contributed by atoms with Crippen molar-refractivity contribution in [2.75, 3.05) is 6.54 Å². The van der Waals surface area contributed by atoms with Crippen LogP contribution in [0.5, 0.6) is 0 Å². The van der Waals surface area contributed by atoms with E-state index in [1.807, 2.05) is 0 Å². The summed E-state index contributed by atoms with van der Waals surface area (Å²) in [5, 5.41) is 18.8. The molecule has 0 aromatic rings. The highest BCUT2D eigenvalue weighted by Crippen LogP contribution is 2.63. The largest absolute Gasteiger partial charge is 0.481 e. The topological polar surface area (TPSA) is 87.1 Å². The number of rotatable bonds is 3. The minimum atomic E-state index is -0.903. The average molecular weight is 253 g/mol. The van der Waals surface area contributed by atoms with Gasteiger partial charge in [-0.05, 0) is 18.3 Å². The number of carboxylic acids is 1. The predicted molar refractivity (Wildman–Crippen MR) is 57.2 cm³/mol. The third-order valence-corrected chi connectivity index (χ3v) is 5.18. The molecule has 2 saturated carbocycles. The van der Waals surface area contributed by atoms with Gasteiger partial charge in [0.05, 0.1) is 24.5 Å². The highest BCUT2D eigenvalue weighted by atomic mass is 16.5. The van der Waals surface area contributed by atoms with Crippen molar-refractivity contribution in [2.24, 2.45) is 23.7 Å². The lowest BCUT2D eigenvalue weighted by Gasteiger charge is -2.30. The second-order valence-electron chi connectivity index (χ2n) is 5.82. The molecule has 6 heteroatoms. The first kappa shape index (κ1) is 10.8. The second-order valence-corrected chi connectivity index (χ2v) is 5.82. The first-order valence-electron chi connectivity index (χ1n) is 6.45. The quantitative estimate of drug-likeness (QED) is 0.692. The van der Waals surface area contributed by atoms with Gasteiger partial charge in [0, 0.05) is 12.5 Å². The summed E-state index contributed by atoms with van der Waals surface area (Å²) in [7, 11) is 0. The fourth-order valence-corrected chi connectivity index (χ4v) is 4.59. The van der Waals surface area contributed by atoms with Crippen LogP contribution in [0.4, 0.5) is 0 Å². The zero-order valence-electron chi connectivity index (χ0n) is 9.73. The second kappa shape index (κ2) is 3.24. The number of hydrogen-bond acceptors (Lipinski definition) is 4. The van der Waals surface area contributed by atoms with Crippen molar-refractivity contribution in [3.63, 3.8) is 0 Å².